The SMILES string of the molecule is CCN(C(=O)[C@@H](N)CCC(=O)O)[C@H](N)C=O. The van der Waals surface area contributed by atoms with Gasteiger partial charge in [-0.25, -0.2) is 0 Å². The maximum atomic E-state index is 11.7. The molecule has 0 aliphatic rings. The van der Waals surface area contributed by atoms with E-state index in [0.717, 1.165) is 4.90 Å². The maximum Gasteiger partial charge on any atom is 0.303 e. The molecule has 0 rings (SSSR count). The van der Waals surface area contributed by atoms with Gasteiger partial charge in [0.05, 0.1) is 6.04 Å². The molecule has 16 heavy (non-hydrogen) atoms. The first-order valence-electron chi connectivity index (χ1n) is 4.92. The van der Waals surface area contributed by atoms with Gasteiger partial charge in [-0.1, -0.05) is 0 Å². The number of nitrogens with two attached hydrogens (primary N) is 2. The molecule has 7 heteroatoms. The van der Waals surface area contributed by atoms with Gasteiger partial charge in [0.15, 0.2) is 6.29 Å². The molecule has 0 spiro atoms. The third-order valence-corrected chi connectivity index (χ3v) is 2.11. The number of hydrogen-bond donors (Lipinski definition) is 3. The van der Waals surface area contributed by atoms with Crippen molar-refractivity contribution in [2.45, 2.75) is 32.0 Å². The summed E-state index contributed by atoms with van der Waals surface area (Å²) in [5.74, 6) is -1.53. The van der Waals surface area contributed by atoms with Crippen molar-refractivity contribution >= 4 is 18.2 Å². The molecule has 0 aliphatic heterocycles. The monoisotopic (exact) mass is 231 g/mol. The molecule has 92 valence electrons. The quantitative estimate of drug-likeness (QED) is 0.362. The summed E-state index contributed by atoms with van der Waals surface area (Å²) in [5.41, 5.74) is 10.9. The van der Waals surface area contributed by atoms with E-state index in [4.69, 9.17) is 16.6 Å². The van der Waals surface area contributed by atoms with Crippen LogP contribution in [-0.2, 0) is 14.4 Å². The standard InChI is InChI=1S/C9H17N3O4/c1-2-12(7(11)5-13)9(16)6(10)3-4-8(14)15/h5-7H,2-4,10-11H2,1H3,(H,14,15)/t6-,7-/m0/s1. The Morgan fingerprint density at radius 2 is 2.00 bits per heavy atom. The van der Waals surface area contributed by atoms with Crippen molar-refractivity contribution in [1.29, 1.82) is 0 Å². The number of carbonyl (C=O) groups excluding carboxylic acids is 2. The molecule has 0 saturated heterocycles. The molecule has 0 bridgehead atoms. The number of carboxylic acid groups (broad SMARTS) is 1. The molecule has 0 aromatic rings. The minimum absolute atomic E-state index is 0.0241. The number of aliphatic carboxylic acids is 1. The molecule has 5 N–H and O–H groups in total. The van der Waals surface area contributed by atoms with Crippen LogP contribution in [0, 0.1) is 0 Å². The minimum Gasteiger partial charge on any atom is -0.481 e. The van der Waals surface area contributed by atoms with Crippen molar-refractivity contribution < 1.29 is 19.5 Å². The van der Waals surface area contributed by atoms with Crippen LogP contribution < -0.4 is 11.5 Å². The summed E-state index contributed by atoms with van der Waals surface area (Å²) in [7, 11) is 0. The highest BCUT2D eigenvalue weighted by Gasteiger charge is 2.24. The summed E-state index contributed by atoms with van der Waals surface area (Å²) >= 11 is 0. The van der Waals surface area contributed by atoms with Crippen LogP contribution in [0.3, 0.4) is 0 Å². The zero-order valence-corrected chi connectivity index (χ0v) is 9.13. The summed E-state index contributed by atoms with van der Waals surface area (Å²) < 4.78 is 0. The number of nitrogens with zero attached hydrogens (tertiary/aromatic N) is 1. The maximum absolute atomic E-state index is 11.7. The van der Waals surface area contributed by atoms with E-state index >= 15 is 0 Å². The molecule has 0 unspecified atom stereocenters. The van der Waals surface area contributed by atoms with Crippen LogP contribution in [0.4, 0.5) is 0 Å². The highest BCUT2D eigenvalue weighted by atomic mass is 16.4. The highest BCUT2D eigenvalue weighted by Crippen LogP contribution is 2.02. The van der Waals surface area contributed by atoms with Gasteiger partial charge in [0.1, 0.15) is 6.17 Å². The molecule has 0 radical (unpaired) electrons. The number of likely N-dealkylation sites (N-methyl/N-ethyl adjacent to an activating group) is 1. The second-order valence-electron chi connectivity index (χ2n) is 3.29. The Bertz CT molecular complexity index is 269. The lowest BCUT2D eigenvalue weighted by molar-refractivity contribution is -0.139. The van der Waals surface area contributed by atoms with Gasteiger partial charge in [0.2, 0.25) is 5.91 Å². The Labute approximate surface area is 93.4 Å². The van der Waals surface area contributed by atoms with E-state index in [9.17, 15) is 14.4 Å². The smallest absolute Gasteiger partial charge is 0.303 e. The fourth-order valence-electron chi connectivity index (χ4n) is 1.20. The fourth-order valence-corrected chi connectivity index (χ4v) is 1.20. The van der Waals surface area contributed by atoms with E-state index in [1.54, 1.807) is 6.92 Å². The molecule has 0 aliphatic carbocycles. The molecule has 0 aromatic heterocycles. The summed E-state index contributed by atoms with van der Waals surface area (Å²) in [6.45, 7) is 1.91. The fraction of sp³-hybridized carbons (Fsp3) is 0.667. The van der Waals surface area contributed by atoms with Crippen LogP contribution in [0.15, 0.2) is 0 Å². The van der Waals surface area contributed by atoms with Gasteiger partial charge in [-0.15, -0.1) is 0 Å². The Balaban J connectivity index is 4.38. The van der Waals surface area contributed by atoms with Gasteiger partial charge >= 0.3 is 5.97 Å². The van der Waals surface area contributed by atoms with E-state index in [2.05, 4.69) is 0 Å². The van der Waals surface area contributed by atoms with Gasteiger partial charge in [-0.2, -0.15) is 0 Å². The topological polar surface area (TPSA) is 127 Å². The normalized spacial score (nSPS) is 13.9. The molecule has 0 heterocycles. The van der Waals surface area contributed by atoms with Crippen molar-refractivity contribution in [2.75, 3.05) is 6.54 Å². The minimum atomic E-state index is -1.03. The summed E-state index contributed by atoms with van der Waals surface area (Å²) in [6, 6.07) is -0.943. The van der Waals surface area contributed by atoms with Crippen molar-refractivity contribution in [3.8, 4) is 0 Å². The lowest BCUT2D eigenvalue weighted by Crippen LogP contribution is -2.52. The first-order chi connectivity index (χ1) is 7.43. The number of amides is 1. The molecule has 7 nitrogen and oxygen atoms in total. The number of aldehydes is 1. The van der Waals surface area contributed by atoms with E-state index in [1.165, 1.54) is 0 Å². The van der Waals surface area contributed by atoms with Gasteiger partial charge in [0.25, 0.3) is 0 Å². The molecule has 0 saturated carbocycles. The number of rotatable bonds is 7. The zero-order valence-electron chi connectivity index (χ0n) is 9.13. The number of carboxylic acids is 1. The Morgan fingerprint density at radius 1 is 1.44 bits per heavy atom. The third kappa shape index (κ3) is 4.37. The van der Waals surface area contributed by atoms with E-state index in [0.29, 0.717) is 6.29 Å². The molecular weight excluding hydrogens is 214 g/mol. The van der Waals surface area contributed by atoms with Gasteiger partial charge in [0, 0.05) is 13.0 Å². The summed E-state index contributed by atoms with van der Waals surface area (Å²) in [6.07, 6.45) is -0.768. The van der Waals surface area contributed by atoms with Crippen molar-refractivity contribution in [2.24, 2.45) is 11.5 Å². The summed E-state index contributed by atoms with van der Waals surface area (Å²) in [5, 5.41) is 8.43. The molecule has 0 fully saturated rings. The molecule has 0 aromatic carbocycles. The first kappa shape index (κ1) is 14.5. The lowest BCUT2D eigenvalue weighted by Gasteiger charge is -2.26. The number of hydrogen-bond acceptors (Lipinski definition) is 5. The average Bonchev–Trinajstić information content (AvgIpc) is 2.26. The average molecular weight is 231 g/mol. The Morgan fingerprint density at radius 3 is 2.38 bits per heavy atom. The zero-order chi connectivity index (χ0) is 12.7. The Hall–Kier alpha value is -1.47. The lowest BCUT2D eigenvalue weighted by atomic mass is 10.1. The predicted octanol–water partition coefficient (Wildman–Crippen LogP) is -1.49. The van der Waals surface area contributed by atoms with Crippen LogP contribution in [0.5, 0.6) is 0 Å². The summed E-state index contributed by atoms with van der Waals surface area (Å²) in [4.78, 5) is 33.5. The van der Waals surface area contributed by atoms with E-state index in [-0.39, 0.29) is 19.4 Å². The third-order valence-electron chi connectivity index (χ3n) is 2.11. The van der Waals surface area contributed by atoms with E-state index in [1.807, 2.05) is 0 Å². The van der Waals surface area contributed by atoms with Crippen LogP contribution in [0.1, 0.15) is 19.8 Å². The first-order valence-corrected chi connectivity index (χ1v) is 4.92. The second-order valence-corrected chi connectivity index (χ2v) is 3.29. The van der Waals surface area contributed by atoms with Crippen molar-refractivity contribution in [3.63, 3.8) is 0 Å². The van der Waals surface area contributed by atoms with Crippen LogP contribution in [-0.4, -0.2) is 46.9 Å². The largest absolute Gasteiger partial charge is 0.481 e. The van der Waals surface area contributed by atoms with Gasteiger partial charge in [-0.3, -0.25) is 14.4 Å². The van der Waals surface area contributed by atoms with Crippen molar-refractivity contribution in [3.05, 3.63) is 0 Å². The number of carbonyl (C=O) groups is 3. The van der Waals surface area contributed by atoms with Crippen LogP contribution in [0.2, 0.25) is 0 Å². The highest BCUT2D eigenvalue weighted by molar-refractivity contribution is 5.84. The molecular formula is C9H17N3O4. The van der Waals surface area contributed by atoms with Gasteiger partial charge in [-0.05, 0) is 13.3 Å². The van der Waals surface area contributed by atoms with Crippen LogP contribution >= 0.6 is 0 Å². The van der Waals surface area contributed by atoms with Gasteiger partial charge < -0.3 is 21.5 Å². The predicted molar refractivity (Wildman–Crippen MR) is 56.3 cm³/mol. The molecule has 2 atom stereocenters. The Kier molecular flexibility index (Phi) is 6.28. The van der Waals surface area contributed by atoms with Crippen LogP contribution in [0.25, 0.3) is 0 Å². The molecule has 1 amide bonds. The van der Waals surface area contributed by atoms with Crippen molar-refractivity contribution in [1.82, 2.24) is 4.90 Å². The van der Waals surface area contributed by atoms with E-state index < -0.39 is 24.1 Å². The second kappa shape index (κ2) is 6.91.